The lowest BCUT2D eigenvalue weighted by Crippen LogP contribution is -2.64. The van der Waals surface area contributed by atoms with Gasteiger partial charge in [-0.3, -0.25) is 47.9 Å². The summed E-state index contributed by atoms with van der Waals surface area (Å²) in [5, 5.41) is 35.0. The van der Waals surface area contributed by atoms with Crippen LogP contribution in [0.3, 0.4) is 0 Å². The van der Waals surface area contributed by atoms with Crippen LogP contribution in [0.1, 0.15) is 162 Å². The van der Waals surface area contributed by atoms with Gasteiger partial charge in [-0.05, 0) is 118 Å². The number of ether oxygens (including phenoxy) is 2. The number of anilines is 1. The van der Waals surface area contributed by atoms with E-state index in [1.165, 1.54) is 70.8 Å². The molecule has 2 saturated heterocycles. The topological polar surface area (TPSA) is 330 Å². The number of rotatable bonds is 19. The molecule has 27 nitrogen and oxygen atoms in total. The van der Waals surface area contributed by atoms with Gasteiger partial charge in [0.2, 0.25) is 53.2 Å². The normalized spacial score (nSPS) is 26.0. The van der Waals surface area contributed by atoms with E-state index >= 15 is 14.4 Å². The van der Waals surface area contributed by atoms with Gasteiger partial charge in [0.25, 0.3) is 5.91 Å². The molecule has 0 bridgehead atoms. The van der Waals surface area contributed by atoms with Crippen molar-refractivity contribution in [1.82, 2.24) is 55.7 Å². The number of pyridine rings is 1. The molecule has 560 valence electrons. The molecule has 99 heavy (non-hydrogen) atoms. The number of aromatic nitrogens is 1. The first-order valence-corrected chi connectivity index (χ1v) is 35.4. The third kappa shape index (κ3) is 25.1. The maximum absolute atomic E-state index is 15.4. The predicted octanol–water partition coefficient (Wildman–Crippen LogP) is 3.72. The number of carbonyl (C=O) groups is 11. The Morgan fingerprint density at radius 1 is 0.525 bits per heavy atom. The summed E-state index contributed by atoms with van der Waals surface area (Å²) < 4.78 is 11.4. The summed E-state index contributed by atoms with van der Waals surface area (Å²) >= 11 is 0. The number of cyclic esters (lactones) is 1. The molecule has 3 heterocycles. The maximum atomic E-state index is 15.4. The van der Waals surface area contributed by atoms with Crippen molar-refractivity contribution in [3.8, 4) is 0 Å². The van der Waals surface area contributed by atoms with Gasteiger partial charge in [0, 0.05) is 55.4 Å². The van der Waals surface area contributed by atoms with E-state index < -0.39 is 162 Å². The summed E-state index contributed by atoms with van der Waals surface area (Å²) in [6.07, 6.45) is -0.668. The third-order valence-corrected chi connectivity index (χ3v) is 18.2. The predicted molar refractivity (Wildman–Crippen MR) is 378 cm³/mol. The van der Waals surface area contributed by atoms with Crippen LogP contribution in [0.25, 0.3) is 6.08 Å². The van der Waals surface area contributed by atoms with E-state index in [-0.39, 0.29) is 68.1 Å². The van der Waals surface area contributed by atoms with E-state index in [4.69, 9.17) is 14.5 Å². The number of morpholine rings is 1. The fraction of sp³-hybridized carbons (Fsp3) is 0.750. The van der Waals surface area contributed by atoms with Crippen molar-refractivity contribution in [3.63, 3.8) is 0 Å². The first-order valence-electron chi connectivity index (χ1n) is 35.4. The first-order chi connectivity index (χ1) is 46.0. The number of aliphatic hydroxyl groups excluding tert-OH is 2. The van der Waals surface area contributed by atoms with Crippen molar-refractivity contribution in [2.45, 2.75) is 229 Å². The van der Waals surface area contributed by atoms with Crippen LogP contribution in [0.15, 0.2) is 24.3 Å². The molecule has 0 saturated carbocycles. The van der Waals surface area contributed by atoms with Crippen molar-refractivity contribution in [3.05, 3.63) is 30.0 Å². The largest absolute Gasteiger partial charge is 0.450 e. The van der Waals surface area contributed by atoms with Gasteiger partial charge >= 0.3 is 5.97 Å². The molecular formula is C72H122N12O15. The maximum Gasteiger partial charge on any atom is 0.329 e. The molecule has 1 aromatic heterocycles. The summed E-state index contributed by atoms with van der Waals surface area (Å²) in [5.74, 6) is -11.2. The highest BCUT2D eigenvalue weighted by Crippen LogP contribution is 2.26. The molecule has 0 aromatic carbocycles. The summed E-state index contributed by atoms with van der Waals surface area (Å²) in [4.78, 5) is 176. The minimum Gasteiger partial charge on any atom is -0.450 e. The number of likely N-dealkylation sites (N-methyl/N-ethyl adjacent to an activating group) is 6. The van der Waals surface area contributed by atoms with Crippen LogP contribution in [0.5, 0.6) is 0 Å². The fourth-order valence-corrected chi connectivity index (χ4v) is 12.4. The number of esters is 1. The molecule has 0 unspecified atom stereocenters. The second kappa shape index (κ2) is 39.7. The van der Waals surface area contributed by atoms with Crippen LogP contribution in [-0.2, 0) is 62.2 Å². The van der Waals surface area contributed by atoms with Gasteiger partial charge in [0.1, 0.15) is 60.2 Å². The van der Waals surface area contributed by atoms with Crippen LogP contribution in [-0.4, -0.2) is 257 Å². The quantitative estimate of drug-likeness (QED) is 0.108. The molecule has 1 aromatic rings. The zero-order chi connectivity index (χ0) is 75.4. The van der Waals surface area contributed by atoms with Gasteiger partial charge in [-0.25, -0.2) is 9.78 Å². The summed E-state index contributed by atoms with van der Waals surface area (Å²) in [6, 6.07) is -6.92. The van der Waals surface area contributed by atoms with E-state index in [2.05, 4.69) is 26.2 Å². The van der Waals surface area contributed by atoms with Gasteiger partial charge in [0.05, 0.1) is 37.7 Å². The highest BCUT2D eigenvalue weighted by atomic mass is 16.6. The van der Waals surface area contributed by atoms with E-state index in [0.717, 1.165) is 20.5 Å². The lowest BCUT2D eigenvalue weighted by Gasteiger charge is -2.40. The molecule has 6 N–H and O–H groups in total. The second-order valence-corrected chi connectivity index (χ2v) is 30.1. The number of carbonyl (C=O) groups excluding carboxylic acids is 11. The van der Waals surface area contributed by atoms with Crippen LogP contribution >= 0.6 is 0 Å². The summed E-state index contributed by atoms with van der Waals surface area (Å²) in [6.45, 7) is 31.1. The Balaban J connectivity index is 2.34. The minimum absolute atomic E-state index is 0.0621. The Hall–Kier alpha value is -7.26. The molecule has 0 radical (unpaired) electrons. The average molecular weight is 1400 g/mol. The first kappa shape index (κ1) is 86.0. The van der Waals surface area contributed by atoms with Crippen molar-refractivity contribution in [1.29, 1.82) is 0 Å². The Bertz CT molecular complexity index is 2910. The number of allylic oxidation sites excluding steroid dienone is 1. The Morgan fingerprint density at radius 2 is 0.980 bits per heavy atom. The fourth-order valence-electron chi connectivity index (χ4n) is 12.4. The minimum atomic E-state index is -1.81. The van der Waals surface area contributed by atoms with Crippen LogP contribution < -0.4 is 26.2 Å². The van der Waals surface area contributed by atoms with Gasteiger partial charge in [-0.15, -0.1) is 0 Å². The molecule has 0 spiro atoms. The van der Waals surface area contributed by atoms with E-state index in [0.29, 0.717) is 32.0 Å². The molecule has 0 aliphatic carbocycles. The number of aliphatic hydroxyl groups is 2. The Morgan fingerprint density at radius 3 is 1.44 bits per heavy atom. The van der Waals surface area contributed by atoms with E-state index in [1.807, 2.05) is 87.4 Å². The average Bonchev–Trinajstić information content (AvgIpc) is 0.813. The number of nitrogens with one attached hydrogen (secondary N) is 4. The highest BCUT2D eigenvalue weighted by Gasteiger charge is 2.46. The van der Waals surface area contributed by atoms with Crippen molar-refractivity contribution >= 4 is 76.9 Å². The Labute approximate surface area is 589 Å². The smallest absolute Gasteiger partial charge is 0.329 e. The standard InChI is InChI=1S/C72H122N12O15/c1-40(2)34-51-67(92)80(20)54(37-43(7)8)63(88)73-48(16)72(97)99-62(46(13)14)71(96)81(21)55(38-44(9)10)65(90)76-52(35-41(3)4)68(93)82(22)59(45(11)12)70(95)83(23)60(61(87)47(15)26-24-27-50-28-25-29-56(74-50)84-30-32-98-33-31-84)66(91)77-58(49(17)85)69(94)78(18)39-57(86)79(19)53(36-42(5)6)64(89)75-51/h24-25,27-29,40-49,51-55,58-62,85,87H,26,30-39H2,1-23H3,(H,73,88)(H,75,89)(H,76,90)(H,77,91)/b27-24+/t47-,48+,49-,51+,52+,53+,54+,55+,58+,59+,60+,61-,62-/m1/s1. The lowest BCUT2D eigenvalue weighted by molar-refractivity contribution is -0.166. The number of hydrogen-bond acceptors (Lipinski definition) is 17. The molecule has 10 amide bonds. The molecule has 2 aliphatic rings. The van der Waals surface area contributed by atoms with Crippen molar-refractivity contribution in [2.24, 2.45) is 47.3 Å². The van der Waals surface area contributed by atoms with E-state index in [9.17, 15) is 48.6 Å². The van der Waals surface area contributed by atoms with E-state index in [1.54, 1.807) is 46.8 Å². The van der Waals surface area contributed by atoms with Crippen LogP contribution in [0.4, 0.5) is 5.82 Å². The van der Waals surface area contributed by atoms with Crippen LogP contribution in [0, 0.1) is 47.3 Å². The zero-order valence-electron chi connectivity index (χ0n) is 63.5. The number of nitrogens with zero attached hydrogens (tertiary/aromatic N) is 8. The van der Waals surface area contributed by atoms with Gasteiger partial charge in [-0.2, -0.15) is 0 Å². The van der Waals surface area contributed by atoms with Crippen LogP contribution in [0.2, 0.25) is 0 Å². The Kier molecular flexibility index (Phi) is 34.4. The number of hydrogen-bond donors (Lipinski definition) is 6. The van der Waals surface area contributed by atoms with Crippen molar-refractivity contribution in [2.75, 3.05) is 80.0 Å². The number of amides is 10. The molecule has 2 fully saturated rings. The molecule has 3 rings (SSSR count). The lowest BCUT2D eigenvalue weighted by atomic mass is 9.91. The monoisotopic (exact) mass is 1390 g/mol. The summed E-state index contributed by atoms with van der Waals surface area (Å²) in [7, 11) is 8.12. The molecule has 2 aliphatic heterocycles. The van der Waals surface area contributed by atoms with Gasteiger partial charge in [-0.1, -0.05) is 116 Å². The van der Waals surface area contributed by atoms with Gasteiger partial charge < -0.3 is 75.3 Å². The molecule has 27 heteroatoms. The molecule has 13 atom stereocenters. The zero-order valence-corrected chi connectivity index (χ0v) is 63.5. The van der Waals surface area contributed by atoms with Crippen molar-refractivity contribution < 1.29 is 72.4 Å². The molecular weight excluding hydrogens is 1270 g/mol. The highest BCUT2D eigenvalue weighted by molar-refractivity contribution is 5.99. The second-order valence-electron chi connectivity index (χ2n) is 30.1. The third-order valence-electron chi connectivity index (χ3n) is 18.2. The SMILES string of the molecule is CC(C)C[C@@H]1NC(=O)[C@H](CC(C)C)N(C)C(=O)[C@@H](C(C)C)OC(=O)[C@H](C)NC(=O)[C@H](CC(C)C)N(C)C(=O)[C@H](CC(C)C)NC(=O)[C@H](CC(C)C)N(C)C(=O)CN(C)C(=O)[C@H]([C@@H](C)O)NC(=O)[C@H]([C@H](O)[C@H](C)C/C=C/c2cccc(N3CCOCC3)n2)N(C)C(=O)[C@H](C(C)C)N(C)C1=O. The van der Waals surface area contributed by atoms with Gasteiger partial charge in [0.15, 0.2) is 6.10 Å². The summed E-state index contributed by atoms with van der Waals surface area (Å²) in [5.41, 5.74) is 0.615.